The zero-order chi connectivity index (χ0) is 25.6. The number of amides is 1. The van der Waals surface area contributed by atoms with Crippen molar-refractivity contribution in [1.29, 1.82) is 0 Å². The number of allylic oxidation sites excluding steroid dienone is 1. The number of nitrogens with zero attached hydrogens (tertiary/aromatic N) is 1. The van der Waals surface area contributed by atoms with Crippen LogP contribution >= 0.6 is 11.8 Å². The van der Waals surface area contributed by atoms with E-state index in [1.54, 1.807) is 19.4 Å². The van der Waals surface area contributed by atoms with Crippen molar-refractivity contribution in [3.8, 4) is 11.5 Å². The first-order chi connectivity index (χ1) is 16.6. The number of halogens is 3. The molecule has 1 amide bonds. The number of benzene rings is 2. The molecule has 0 unspecified atom stereocenters. The lowest BCUT2D eigenvalue weighted by molar-refractivity contribution is -0.274. The third kappa shape index (κ3) is 7.54. The molecule has 0 bridgehead atoms. The maximum atomic E-state index is 12.8. The van der Waals surface area contributed by atoms with Gasteiger partial charge in [-0.05, 0) is 81.1 Å². The topological polar surface area (TPSA) is 72.5 Å². The molecule has 6 nitrogen and oxygen atoms in total. The van der Waals surface area contributed by atoms with Gasteiger partial charge in [0.05, 0.1) is 16.5 Å². The second-order valence-electron chi connectivity index (χ2n) is 7.85. The molecule has 0 aliphatic rings. The summed E-state index contributed by atoms with van der Waals surface area (Å²) in [6.45, 7) is 6.17. The highest BCUT2D eigenvalue weighted by atomic mass is 32.2. The van der Waals surface area contributed by atoms with Crippen molar-refractivity contribution >= 4 is 34.3 Å². The summed E-state index contributed by atoms with van der Waals surface area (Å²) in [5.41, 5.74) is 2.83. The molecule has 1 heterocycles. The maximum Gasteiger partial charge on any atom is 0.573 e. The minimum Gasteiger partial charge on any atom is -0.491 e. The molecule has 10 heteroatoms. The Kier molecular flexibility index (Phi) is 8.50. The van der Waals surface area contributed by atoms with Crippen LogP contribution in [0.1, 0.15) is 26.3 Å². The van der Waals surface area contributed by atoms with E-state index in [2.05, 4.69) is 20.4 Å². The number of nitrogens with one attached hydrogen (secondary N) is 2. The van der Waals surface area contributed by atoms with Crippen molar-refractivity contribution in [2.75, 3.05) is 11.6 Å². The van der Waals surface area contributed by atoms with E-state index in [1.165, 1.54) is 23.9 Å². The number of aromatic nitrogens is 1. The first kappa shape index (κ1) is 26.2. The summed E-state index contributed by atoms with van der Waals surface area (Å²) in [6.07, 6.45) is -1.22. The summed E-state index contributed by atoms with van der Waals surface area (Å²) in [7, 11) is 0. The fraction of sp³-hybridized carbons (Fsp3) is 0.280. The first-order valence-corrected chi connectivity index (χ1v) is 12.0. The molecule has 0 fully saturated rings. The monoisotopic (exact) mass is 505 g/mol. The van der Waals surface area contributed by atoms with Gasteiger partial charge in [0, 0.05) is 29.5 Å². The standard InChI is InChI=1S/C25H26F3N3O3S/c1-15(2)33-20-9-10-22-21(13-20)17(11-12-29-22)14-30-16(3)23(35-4)24(32)31-18-5-7-19(8-6-18)34-25(26,27)28/h5-13,15,30H,14H2,1-4H3,(H,31,32)/b23-16+. The highest BCUT2D eigenvalue weighted by Gasteiger charge is 2.31. The number of ether oxygens (including phenoxy) is 2. The lowest BCUT2D eigenvalue weighted by Gasteiger charge is -2.15. The van der Waals surface area contributed by atoms with E-state index in [0.717, 1.165) is 34.3 Å². The SMILES string of the molecule is CS/C(C(=O)Nc1ccc(OC(F)(F)F)cc1)=C(\C)NCc1ccnc2ccc(OC(C)C)cc12. The molecular formula is C25H26F3N3O3S. The molecule has 2 N–H and O–H groups in total. The van der Waals surface area contributed by atoms with Gasteiger partial charge >= 0.3 is 6.36 Å². The van der Waals surface area contributed by atoms with Crippen LogP contribution in [0.25, 0.3) is 10.9 Å². The van der Waals surface area contributed by atoms with E-state index in [9.17, 15) is 18.0 Å². The van der Waals surface area contributed by atoms with Gasteiger partial charge in [-0.2, -0.15) is 0 Å². The number of carbonyl (C=O) groups is 1. The van der Waals surface area contributed by atoms with Crippen LogP contribution in [0.3, 0.4) is 0 Å². The van der Waals surface area contributed by atoms with E-state index in [-0.39, 0.29) is 17.8 Å². The summed E-state index contributed by atoms with van der Waals surface area (Å²) in [5.74, 6) is 0.0181. The smallest absolute Gasteiger partial charge is 0.491 e. The summed E-state index contributed by atoms with van der Waals surface area (Å²) < 4.78 is 46.6. The quantitative estimate of drug-likeness (QED) is 0.335. The van der Waals surface area contributed by atoms with Crippen LogP contribution in [0, 0.1) is 0 Å². The van der Waals surface area contributed by atoms with Crippen LogP contribution < -0.4 is 20.1 Å². The molecule has 3 rings (SSSR count). The molecule has 0 aliphatic heterocycles. The van der Waals surface area contributed by atoms with Gasteiger partial charge in [-0.3, -0.25) is 9.78 Å². The third-order valence-corrected chi connectivity index (χ3v) is 5.72. The van der Waals surface area contributed by atoms with Gasteiger partial charge in [-0.1, -0.05) is 0 Å². The van der Waals surface area contributed by atoms with E-state index >= 15 is 0 Å². The van der Waals surface area contributed by atoms with E-state index < -0.39 is 6.36 Å². The number of fused-ring (bicyclic) bond motifs is 1. The summed E-state index contributed by atoms with van der Waals surface area (Å²) in [6, 6.07) is 12.6. The molecular weight excluding hydrogens is 479 g/mol. The van der Waals surface area contributed by atoms with Gasteiger partial charge in [0.15, 0.2) is 0 Å². The van der Waals surface area contributed by atoms with Crippen molar-refractivity contribution in [3.05, 3.63) is 70.9 Å². The van der Waals surface area contributed by atoms with Crippen molar-refractivity contribution < 1.29 is 27.4 Å². The fourth-order valence-corrected chi connectivity index (χ4v) is 3.95. The third-order valence-electron chi connectivity index (χ3n) is 4.82. The number of alkyl halides is 3. The molecule has 0 saturated carbocycles. The maximum absolute atomic E-state index is 12.8. The van der Waals surface area contributed by atoms with Gasteiger partial charge in [-0.25, -0.2) is 0 Å². The Balaban J connectivity index is 1.72. The van der Waals surface area contributed by atoms with Crippen LogP contribution in [0.5, 0.6) is 11.5 Å². The molecule has 35 heavy (non-hydrogen) atoms. The number of hydrogen-bond donors (Lipinski definition) is 2. The zero-order valence-electron chi connectivity index (χ0n) is 19.7. The predicted molar refractivity (Wildman–Crippen MR) is 132 cm³/mol. The fourth-order valence-electron chi connectivity index (χ4n) is 3.33. The molecule has 186 valence electrons. The van der Waals surface area contributed by atoms with Crippen LogP contribution in [0.15, 0.2) is 65.3 Å². The molecule has 0 atom stereocenters. The van der Waals surface area contributed by atoms with E-state index in [1.807, 2.05) is 38.1 Å². The molecule has 2 aromatic carbocycles. The molecule has 3 aromatic rings. The van der Waals surface area contributed by atoms with E-state index in [4.69, 9.17) is 4.74 Å². The van der Waals surface area contributed by atoms with Crippen LogP contribution in [0.2, 0.25) is 0 Å². The van der Waals surface area contributed by atoms with Crippen molar-refractivity contribution in [1.82, 2.24) is 10.3 Å². The van der Waals surface area contributed by atoms with Crippen LogP contribution in [-0.2, 0) is 11.3 Å². The van der Waals surface area contributed by atoms with Gasteiger partial charge < -0.3 is 20.1 Å². The second-order valence-corrected chi connectivity index (χ2v) is 8.67. The minimum absolute atomic E-state index is 0.0480. The summed E-state index contributed by atoms with van der Waals surface area (Å²) in [4.78, 5) is 17.7. The van der Waals surface area contributed by atoms with Crippen molar-refractivity contribution in [2.45, 2.75) is 39.8 Å². The zero-order valence-corrected chi connectivity index (χ0v) is 20.5. The first-order valence-electron chi connectivity index (χ1n) is 10.8. The Morgan fingerprint density at radius 1 is 1.09 bits per heavy atom. The number of rotatable bonds is 9. The Hall–Kier alpha value is -3.40. The Labute approximate surface area is 205 Å². The van der Waals surface area contributed by atoms with Crippen LogP contribution in [0.4, 0.5) is 18.9 Å². The lowest BCUT2D eigenvalue weighted by Crippen LogP contribution is -2.20. The summed E-state index contributed by atoms with van der Waals surface area (Å²) in [5, 5.41) is 6.93. The molecule has 0 spiro atoms. The van der Waals surface area contributed by atoms with Gasteiger partial charge in [0.2, 0.25) is 0 Å². The number of hydrogen-bond acceptors (Lipinski definition) is 6. The van der Waals surface area contributed by atoms with Crippen molar-refractivity contribution in [2.24, 2.45) is 0 Å². The number of anilines is 1. The number of carbonyl (C=O) groups excluding carboxylic acids is 1. The average molecular weight is 506 g/mol. The van der Waals surface area contributed by atoms with Gasteiger partial charge in [0.1, 0.15) is 11.5 Å². The molecule has 1 aromatic heterocycles. The molecule has 0 saturated heterocycles. The number of pyridine rings is 1. The predicted octanol–water partition coefficient (Wildman–Crippen LogP) is 6.24. The Morgan fingerprint density at radius 3 is 2.40 bits per heavy atom. The number of thioether (sulfide) groups is 1. The summed E-state index contributed by atoms with van der Waals surface area (Å²) >= 11 is 1.26. The Morgan fingerprint density at radius 2 is 1.77 bits per heavy atom. The highest BCUT2D eigenvalue weighted by Crippen LogP contribution is 2.26. The normalized spacial score (nSPS) is 12.3. The van der Waals surface area contributed by atoms with Crippen molar-refractivity contribution in [3.63, 3.8) is 0 Å². The largest absolute Gasteiger partial charge is 0.573 e. The highest BCUT2D eigenvalue weighted by molar-refractivity contribution is 8.03. The molecule has 0 radical (unpaired) electrons. The van der Waals surface area contributed by atoms with Crippen LogP contribution in [-0.4, -0.2) is 29.6 Å². The lowest BCUT2D eigenvalue weighted by atomic mass is 10.1. The second kappa shape index (κ2) is 11.4. The van der Waals surface area contributed by atoms with Gasteiger partial charge in [0.25, 0.3) is 5.91 Å². The Bertz CT molecular complexity index is 1210. The van der Waals surface area contributed by atoms with Gasteiger partial charge in [-0.15, -0.1) is 24.9 Å². The molecule has 0 aliphatic carbocycles. The minimum atomic E-state index is -4.77. The van der Waals surface area contributed by atoms with E-state index in [0.29, 0.717) is 22.8 Å². The average Bonchev–Trinajstić information content (AvgIpc) is 2.78.